The minimum atomic E-state index is -0.326. The summed E-state index contributed by atoms with van der Waals surface area (Å²) < 4.78 is 5.01. The number of carbonyl (C=O) groups is 1. The molecule has 1 amide bonds. The lowest BCUT2D eigenvalue weighted by molar-refractivity contribution is 0.0892. The van der Waals surface area contributed by atoms with Gasteiger partial charge in [0.15, 0.2) is 0 Å². The highest BCUT2D eigenvalue weighted by molar-refractivity contribution is 9.09. The van der Waals surface area contributed by atoms with Crippen molar-refractivity contribution >= 4 is 21.8 Å². The summed E-state index contributed by atoms with van der Waals surface area (Å²) in [4.78, 5) is 15.6. The topological polar surface area (TPSA) is 71.5 Å². The molecule has 0 saturated carbocycles. The number of methoxy groups -OCH3 is 1. The number of nitrogens with zero attached hydrogens (tertiary/aromatic N) is 1. The number of hydrogen-bond donors (Lipinski definition) is 2. The Morgan fingerprint density at radius 3 is 3.06 bits per heavy atom. The van der Waals surface area contributed by atoms with Crippen molar-refractivity contribution < 1.29 is 14.6 Å². The number of halogens is 1. The van der Waals surface area contributed by atoms with E-state index in [4.69, 9.17) is 4.74 Å². The number of carbonyl (C=O) groups excluding carboxylic acids is 1. The van der Waals surface area contributed by atoms with Crippen LogP contribution in [0.2, 0.25) is 0 Å². The molecule has 0 spiro atoms. The Hall–Kier alpha value is -1.14. The Morgan fingerprint density at radius 1 is 1.71 bits per heavy atom. The molecule has 0 aliphatic rings. The second-order valence-corrected chi connectivity index (χ2v) is 4.29. The summed E-state index contributed by atoms with van der Waals surface area (Å²) in [6.45, 7) is 0.434. The zero-order valence-corrected chi connectivity index (χ0v) is 11.1. The molecule has 0 bridgehead atoms. The Labute approximate surface area is 108 Å². The number of amides is 1. The molecule has 0 saturated heterocycles. The maximum Gasteiger partial charge on any atom is 0.255 e. The molecule has 1 heterocycles. The van der Waals surface area contributed by atoms with E-state index < -0.39 is 0 Å². The number of aromatic hydroxyl groups is 1. The Balaban J connectivity index is 2.67. The summed E-state index contributed by atoms with van der Waals surface area (Å²) in [5, 5.41) is 13.1. The van der Waals surface area contributed by atoms with Gasteiger partial charge in [-0.2, -0.15) is 0 Å². The van der Waals surface area contributed by atoms with Gasteiger partial charge in [-0.3, -0.25) is 9.78 Å². The van der Waals surface area contributed by atoms with Crippen LogP contribution in [0.25, 0.3) is 0 Å². The zero-order valence-electron chi connectivity index (χ0n) is 9.52. The van der Waals surface area contributed by atoms with Crippen LogP contribution in [0, 0.1) is 0 Å². The number of pyridine rings is 1. The van der Waals surface area contributed by atoms with Crippen molar-refractivity contribution in [3.8, 4) is 5.75 Å². The van der Waals surface area contributed by atoms with Crippen molar-refractivity contribution in [2.45, 2.75) is 12.5 Å². The van der Waals surface area contributed by atoms with E-state index >= 15 is 0 Å². The van der Waals surface area contributed by atoms with Gasteiger partial charge >= 0.3 is 0 Å². The van der Waals surface area contributed by atoms with Crippen LogP contribution in [-0.2, 0) is 4.74 Å². The predicted molar refractivity (Wildman–Crippen MR) is 67.4 cm³/mol. The zero-order chi connectivity index (χ0) is 12.7. The van der Waals surface area contributed by atoms with E-state index in [0.717, 1.165) is 11.8 Å². The van der Waals surface area contributed by atoms with Gasteiger partial charge in [-0.1, -0.05) is 15.9 Å². The molecular weight excluding hydrogens is 288 g/mol. The molecule has 1 aromatic rings. The molecule has 1 aromatic heterocycles. The maximum absolute atomic E-state index is 11.9. The number of aromatic nitrogens is 1. The van der Waals surface area contributed by atoms with E-state index in [9.17, 15) is 9.90 Å². The predicted octanol–water partition coefficient (Wildman–Crippen LogP) is 1.32. The number of nitrogens with one attached hydrogen (secondary N) is 1. The van der Waals surface area contributed by atoms with Gasteiger partial charge in [-0.05, 0) is 12.5 Å². The molecule has 2 N–H and O–H groups in total. The number of ether oxygens (including phenoxy) is 1. The molecule has 0 fully saturated rings. The monoisotopic (exact) mass is 302 g/mol. The van der Waals surface area contributed by atoms with E-state index in [1.165, 1.54) is 18.5 Å². The first kappa shape index (κ1) is 13.9. The summed E-state index contributed by atoms with van der Waals surface area (Å²) in [5.41, 5.74) is 0.218. The lowest BCUT2D eigenvalue weighted by atomic mass is 10.2. The van der Waals surface area contributed by atoms with Crippen LogP contribution in [0.3, 0.4) is 0 Å². The molecule has 1 unspecified atom stereocenters. The third-order valence-electron chi connectivity index (χ3n) is 2.21. The van der Waals surface area contributed by atoms with Gasteiger partial charge in [-0.15, -0.1) is 0 Å². The average Bonchev–Trinajstić information content (AvgIpc) is 2.30. The standard InChI is InChI=1S/C11H15BrN2O3/c1-17-7-8(2-4-12)14-11(16)9-3-5-13-6-10(9)15/h3,5-6,8,15H,2,4,7H2,1H3,(H,14,16). The molecule has 0 aliphatic carbocycles. The smallest absolute Gasteiger partial charge is 0.255 e. The summed E-state index contributed by atoms with van der Waals surface area (Å²) in [7, 11) is 1.58. The fraction of sp³-hybridized carbons (Fsp3) is 0.455. The maximum atomic E-state index is 11.9. The normalized spacial score (nSPS) is 12.1. The van der Waals surface area contributed by atoms with Gasteiger partial charge in [0, 0.05) is 18.6 Å². The van der Waals surface area contributed by atoms with E-state index in [2.05, 4.69) is 26.2 Å². The summed E-state index contributed by atoms with van der Waals surface area (Å²) in [5.74, 6) is -0.451. The van der Waals surface area contributed by atoms with Crippen LogP contribution in [-0.4, -0.2) is 41.1 Å². The van der Waals surface area contributed by atoms with Crippen LogP contribution < -0.4 is 5.32 Å². The lowest BCUT2D eigenvalue weighted by Gasteiger charge is -2.17. The SMILES string of the molecule is COCC(CCBr)NC(=O)c1ccncc1O. The van der Waals surface area contributed by atoms with Crippen molar-refractivity contribution in [3.05, 3.63) is 24.0 Å². The Bertz CT molecular complexity index is 367. The Morgan fingerprint density at radius 2 is 2.47 bits per heavy atom. The largest absolute Gasteiger partial charge is 0.505 e. The fourth-order valence-electron chi connectivity index (χ4n) is 1.37. The van der Waals surface area contributed by atoms with Crippen molar-refractivity contribution in [3.63, 3.8) is 0 Å². The fourth-order valence-corrected chi connectivity index (χ4v) is 1.92. The molecule has 5 nitrogen and oxygen atoms in total. The average molecular weight is 303 g/mol. The van der Waals surface area contributed by atoms with Gasteiger partial charge in [0.25, 0.3) is 5.91 Å². The Kier molecular flexibility index (Phi) is 5.93. The minimum Gasteiger partial charge on any atom is -0.505 e. The van der Waals surface area contributed by atoms with Crippen molar-refractivity contribution in [1.29, 1.82) is 0 Å². The minimum absolute atomic E-state index is 0.0839. The third-order valence-corrected chi connectivity index (χ3v) is 2.66. The molecule has 0 radical (unpaired) electrons. The van der Waals surface area contributed by atoms with E-state index in [-0.39, 0.29) is 23.3 Å². The third kappa shape index (κ3) is 4.32. The van der Waals surface area contributed by atoms with Crippen molar-refractivity contribution in [2.75, 3.05) is 19.0 Å². The van der Waals surface area contributed by atoms with Crippen LogP contribution in [0.4, 0.5) is 0 Å². The summed E-state index contributed by atoms with van der Waals surface area (Å²) >= 11 is 3.31. The van der Waals surface area contributed by atoms with Crippen LogP contribution in [0.5, 0.6) is 5.75 Å². The van der Waals surface area contributed by atoms with Crippen molar-refractivity contribution in [1.82, 2.24) is 10.3 Å². The quantitative estimate of drug-likeness (QED) is 0.778. The lowest BCUT2D eigenvalue weighted by Crippen LogP contribution is -2.38. The molecule has 6 heteroatoms. The van der Waals surface area contributed by atoms with E-state index in [1.807, 2.05) is 0 Å². The van der Waals surface area contributed by atoms with Gasteiger partial charge < -0.3 is 15.2 Å². The first-order chi connectivity index (χ1) is 8.19. The molecule has 1 rings (SSSR count). The summed E-state index contributed by atoms with van der Waals surface area (Å²) in [6, 6.07) is 1.39. The molecule has 1 atom stereocenters. The highest BCUT2D eigenvalue weighted by Gasteiger charge is 2.15. The van der Waals surface area contributed by atoms with E-state index in [1.54, 1.807) is 7.11 Å². The van der Waals surface area contributed by atoms with E-state index in [0.29, 0.717) is 6.61 Å². The molecule has 17 heavy (non-hydrogen) atoms. The van der Waals surface area contributed by atoms with Gasteiger partial charge in [0.1, 0.15) is 5.75 Å². The first-order valence-electron chi connectivity index (χ1n) is 5.17. The highest BCUT2D eigenvalue weighted by atomic mass is 79.9. The second-order valence-electron chi connectivity index (χ2n) is 3.50. The van der Waals surface area contributed by atoms with Gasteiger partial charge in [0.05, 0.1) is 24.4 Å². The van der Waals surface area contributed by atoms with Crippen LogP contribution >= 0.6 is 15.9 Å². The number of alkyl halides is 1. The summed E-state index contributed by atoms with van der Waals surface area (Å²) in [6.07, 6.45) is 3.46. The first-order valence-corrected chi connectivity index (χ1v) is 6.30. The molecule has 94 valence electrons. The van der Waals surface area contributed by atoms with Gasteiger partial charge in [0.2, 0.25) is 0 Å². The number of hydrogen-bond acceptors (Lipinski definition) is 4. The highest BCUT2D eigenvalue weighted by Crippen LogP contribution is 2.13. The molecule has 0 aromatic carbocycles. The second kappa shape index (κ2) is 7.24. The molecular formula is C11H15BrN2O3. The number of rotatable bonds is 6. The van der Waals surface area contributed by atoms with Crippen LogP contribution in [0.1, 0.15) is 16.8 Å². The van der Waals surface area contributed by atoms with Crippen molar-refractivity contribution in [2.24, 2.45) is 0 Å². The van der Waals surface area contributed by atoms with Crippen LogP contribution in [0.15, 0.2) is 18.5 Å². The van der Waals surface area contributed by atoms with Gasteiger partial charge in [-0.25, -0.2) is 0 Å². The molecule has 0 aliphatic heterocycles.